The Bertz CT molecular complexity index is 2400. The van der Waals surface area contributed by atoms with E-state index < -0.39 is 41.8 Å². The number of benzene rings is 4. The van der Waals surface area contributed by atoms with Gasteiger partial charge in [0.2, 0.25) is 0 Å². The van der Waals surface area contributed by atoms with E-state index in [4.69, 9.17) is 37.9 Å². The van der Waals surface area contributed by atoms with E-state index in [0.29, 0.717) is 43.3 Å². The predicted octanol–water partition coefficient (Wildman–Crippen LogP) is 9.36. The molecule has 0 heterocycles. The molecule has 0 saturated heterocycles. The molecule has 0 aromatic heterocycles. The van der Waals surface area contributed by atoms with Gasteiger partial charge in [0.1, 0.15) is 29.6 Å². The monoisotopic (exact) mass is 976 g/mol. The van der Waals surface area contributed by atoms with Gasteiger partial charge in [0.25, 0.3) is 0 Å². The zero-order valence-electron chi connectivity index (χ0n) is 40.1. The zero-order valence-corrected chi connectivity index (χ0v) is 40.1. The number of hydrogen-bond donors (Lipinski definition) is 0. The molecule has 0 amide bonds. The molecule has 0 saturated carbocycles. The largest absolute Gasteiger partial charge is 0.486 e. The minimum Gasteiger partial charge on any atom is -0.486 e. The lowest BCUT2D eigenvalue weighted by Gasteiger charge is -2.12. The Hall–Kier alpha value is -7.88. The molecular weight excluding hydrogens is 917 g/mol. The lowest BCUT2D eigenvalue weighted by Crippen LogP contribution is -2.16. The highest BCUT2D eigenvalue weighted by Gasteiger charge is 2.16. The van der Waals surface area contributed by atoms with Crippen LogP contribution in [-0.2, 0) is 47.7 Å². The third-order valence-corrected chi connectivity index (χ3v) is 10.5. The predicted molar refractivity (Wildman–Crippen MR) is 260 cm³/mol. The summed E-state index contributed by atoms with van der Waals surface area (Å²) in [6, 6.07) is 25.6. The van der Waals surface area contributed by atoms with Crippen LogP contribution >= 0.6 is 0 Å². The molecule has 16 nitrogen and oxygen atoms in total. The summed E-state index contributed by atoms with van der Waals surface area (Å²) >= 11 is 0. The first-order chi connectivity index (χ1) is 34.2. The fourth-order valence-corrected chi connectivity index (χ4v) is 6.41. The van der Waals surface area contributed by atoms with Crippen LogP contribution in [0.1, 0.15) is 98.8 Å². The molecule has 16 heteroatoms. The van der Waals surface area contributed by atoms with Gasteiger partial charge < -0.3 is 37.9 Å². The summed E-state index contributed by atoms with van der Waals surface area (Å²) in [7, 11) is 0. The SMILES string of the molecule is C=CC(=O)OCCCCC(C)COC(=O)CCC(=O)COc1ccc(C(=O)Oc2ccc(-c3ccc(OC(=O)c4ccc(OC(=O)CCC(=O)OCCCCC(C)COC(=O)C=C)cc4)cc3)cc2)cc1. The highest BCUT2D eigenvalue weighted by molar-refractivity contribution is 5.92. The fraction of sp³-hybridized carbons (Fsp3) is 0.345. The topological polar surface area (TPSA) is 210 Å². The van der Waals surface area contributed by atoms with E-state index in [1.54, 1.807) is 48.5 Å². The normalized spacial score (nSPS) is 11.4. The van der Waals surface area contributed by atoms with Crippen LogP contribution in [-0.4, -0.2) is 80.6 Å². The highest BCUT2D eigenvalue weighted by atomic mass is 16.6. The molecular formula is C55H60O16. The minimum absolute atomic E-state index is 0.0390. The van der Waals surface area contributed by atoms with Crippen molar-refractivity contribution in [2.24, 2.45) is 11.8 Å². The first-order valence-electron chi connectivity index (χ1n) is 23.3. The molecule has 0 spiro atoms. The fourth-order valence-electron chi connectivity index (χ4n) is 6.41. The van der Waals surface area contributed by atoms with E-state index in [0.717, 1.165) is 49.0 Å². The highest BCUT2D eigenvalue weighted by Crippen LogP contribution is 2.26. The average Bonchev–Trinajstić information content (AvgIpc) is 3.38. The van der Waals surface area contributed by atoms with Gasteiger partial charge in [0.15, 0.2) is 5.78 Å². The van der Waals surface area contributed by atoms with Gasteiger partial charge in [0.05, 0.1) is 56.8 Å². The number of ketones is 1. The van der Waals surface area contributed by atoms with Gasteiger partial charge in [-0.3, -0.25) is 19.2 Å². The van der Waals surface area contributed by atoms with Crippen molar-refractivity contribution in [3.05, 3.63) is 133 Å². The first-order valence-corrected chi connectivity index (χ1v) is 23.3. The summed E-state index contributed by atoms with van der Waals surface area (Å²) in [4.78, 5) is 96.8. The number of ether oxygens (including phenoxy) is 8. The van der Waals surface area contributed by atoms with Gasteiger partial charge >= 0.3 is 41.8 Å². The molecule has 0 bridgehead atoms. The molecule has 4 rings (SSSR count). The Balaban J connectivity index is 1.10. The molecule has 4 aromatic carbocycles. The van der Waals surface area contributed by atoms with E-state index >= 15 is 0 Å². The summed E-state index contributed by atoms with van der Waals surface area (Å²) in [6.07, 6.45) is 6.30. The summed E-state index contributed by atoms with van der Waals surface area (Å²) in [5.41, 5.74) is 2.10. The second-order valence-electron chi connectivity index (χ2n) is 16.5. The summed E-state index contributed by atoms with van der Waals surface area (Å²) in [5, 5.41) is 0. The molecule has 0 aliphatic rings. The van der Waals surface area contributed by atoms with Crippen LogP contribution in [0.4, 0.5) is 0 Å². The summed E-state index contributed by atoms with van der Waals surface area (Å²) in [5.74, 6) is -2.61. The third kappa shape index (κ3) is 22.0. The van der Waals surface area contributed by atoms with E-state index in [1.807, 2.05) is 13.8 Å². The van der Waals surface area contributed by atoms with E-state index in [9.17, 15) is 38.4 Å². The molecule has 2 unspecified atom stereocenters. The van der Waals surface area contributed by atoms with Gasteiger partial charge in [-0.25, -0.2) is 19.2 Å². The number of rotatable bonds is 31. The van der Waals surface area contributed by atoms with Crippen LogP contribution in [0.25, 0.3) is 11.1 Å². The second-order valence-corrected chi connectivity index (χ2v) is 16.5. The van der Waals surface area contributed by atoms with Gasteiger partial charge in [-0.05, 0) is 134 Å². The van der Waals surface area contributed by atoms with E-state index in [1.165, 1.54) is 48.5 Å². The Morgan fingerprint density at radius 3 is 1.38 bits per heavy atom. The maximum Gasteiger partial charge on any atom is 0.343 e. The molecule has 0 radical (unpaired) electrons. The van der Waals surface area contributed by atoms with E-state index in [2.05, 4.69) is 13.2 Å². The Kier molecular flexibility index (Phi) is 24.0. The molecule has 0 aliphatic carbocycles. The van der Waals surface area contributed by atoms with Crippen molar-refractivity contribution < 1.29 is 76.3 Å². The zero-order chi connectivity index (χ0) is 51.4. The smallest absolute Gasteiger partial charge is 0.343 e. The molecule has 2 atom stereocenters. The first kappa shape index (κ1) is 55.7. The van der Waals surface area contributed by atoms with E-state index in [-0.39, 0.29) is 80.0 Å². The number of hydrogen-bond acceptors (Lipinski definition) is 16. The number of carbonyl (C=O) groups is 8. The van der Waals surface area contributed by atoms with Gasteiger partial charge in [0, 0.05) is 18.6 Å². The third-order valence-electron chi connectivity index (χ3n) is 10.5. The number of unbranched alkanes of at least 4 members (excludes halogenated alkanes) is 2. The second kappa shape index (κ2) is 30.6. The number of Topliss-reactive ketones (excluding diaryl/α,β-unsaturated/α-hetero) is 1. The molecule has 0 fully saturated rings. The van der Waals surface area contributed by atoms with Gasteiger partial charge in [-0.1, -0.05) is 51.3 Å². The van der Waals surface area contributed by atoms with Gasteiger partial charge in [-0.2, -0.15) is 0 Å². The Morgan fingerprint density at radius 2 is 0.859 bits per heavy atom. The quantitative estimate of drug-likeness (QED) is 0.0151. The Labute approximate surface area is 413 Å². The van der Waals surface area contributed by atoms with Crippen molar-refractivity contribution in [2.75, 3.05) is 33.0 Å². The van der Waals surface area contributed by atoms with Crippen LogP contribution in [0.5, 0.6) is 23.0 Å². The number of carbonyl (C=O) groups excluding carboxylic acids is 8. The van der Waals surface area contributed by atoms with Crippen LogP contribution in [0.2, 0.25) is 0 Å². The summed E-state index contributed by atoms with van der Waals surface area (Å²) in [6.45, 7) is 11.4. The van der Waals surface area contributed by atoms with Crippen molar-refractivity contribution in [2.45, 2.75) is 78.1 Å². The van der Waals surface area contributed by atoms with Crippen molar-refractivity contribution in [3.8, 4) is 34.1 Å². The van der Waals surface area contributed by atoms with Crippen LogP contribution < -0.4 is 18.9 Å². The molecule has 0 aliphatic heterocycles. The minimum atomic E-state index is -0.632. The average molecular weight is 977 g/mol. The Morgan fingerprint density at radius 1 is 0.451 bits per heavy atom. The van der Waals surface area contributed by atoms with Crippen molar-refractivity contribution in [3.63, 3.8) is 0 Å². The van der Waals surface area contributed by atoms with Crippen LogP contribution in [0.3, 0.4) is 0 Å². The van der Waals surface area contributed by atoms with Gasteiger partial charge in [-0.15, -0.1) is 0 Å². The maximum absolute atomic E-state index is 12.9. The standard InChI is InChI=1S/C55H60O16/c1-5-49(57)64-33-9-7-12-39(4)36-68-52(60)30-21-44(56)37-66-45-22-17-42(18-23-45)54(62)70-47-24-13-40(14-25-47)41-15-26-48(27-16-41)71-55(63)43-19-28-46(29-20-43)69-53(61)32-31-51(59)65-34-10-8-11-38(3)35-67-50(58)6-2/h5-6,13-20,22-29,38-39H,1-2,7-12,21,30-37H2,3-4H3. The molecule has 376 valence electrons. The molecule has 71 heavy (non-hydrogen) atoms. The van der Waals surface area contributed by atoms with Crippen molar-refractivity contribution >= 4 is 47.6 Å². The van der Waals surface area contributed by atoms with Crippen molar-refractivity contribution in [1.82, 2.24) is 0 Å². The number of esters is 7. The molecule has 0 N–H and O–H groups in total. The molecule has 4 aromatic rings. The summed E-state index contributed by atoms with van der Waals surface area (Å²) < 4.78 is 42.3. The van der Waals surface area contributed by atoms with Crippen molar-refractivity contribution in [1.29, 1.82) is 0 Å². The lowest BCUT2D eigenvalue weighted by molar-refractivity contribution is -0.147. The van der Waals surface area contributed by atoms with Crippen LogP contribution in [0.15, 0.2) is 122 Å². The maximum atomic E-state index is 12.9. The lowest BCUT2D eigenvalue weighted by atomic mass is 10.1. The van der Waals surface area contributed by atoms with Crippen LogP contribution in [0, 0.1) is 11.8 Å².